The van der Waals surface area contributed by atoms with Gasteiger partial charge in [0.1, 0.15) is 24.0 Å². The van der Waals surface area contributed by atoms with E-state index in [1.165, 1.54) is 12.1 Å². The Kier molecular flexibility index (Phi) is 5.21. The summed E-state index contributed by atoms with van der Waals surface area (Å²) < 4.78 is 26.9. The maximum absolute atomic E-state index is 13.5. The maximum atomic E-state index is 13.5. The number of oxime groups is 1. The van der Waals surface area contributed by atoms with Crippen LogP contribution in [0.3, 0.4) is 0 Å². The topological polar surface area (TPSA) is 82.3 Å². The lowest BCUT2D eigenvalue weighted by Gasteiger charge is -2.49. The first-order valence-corrected chi connectivity index (χ1v) is 11.1. The minimum absolute atomic E-state index is 0.0843. The Hall–Kier alpha value is -2.51. The predicted molar refractivity (Wildman–Crippen MR) is 114 cm³/mol. The third-order valence-electron chi connectivity index (χ3n) is 7.91. The van der Waals surface area contributed by atoms with Crippen LogP contribution in [0.15, 0.2) is 41.6 Å². The molecule has 0 saturated heterocycles. The minimum Gasteiger partial charge on any atom is -0.508 e. The smallest absolute Gasteiger partial charge is 0.142 e. The third-order valence-corrected chi connectivity index (χ3v) is 7.91. The van der Waals surface area contributed by atoms with Gasteiger partial charge in [0, 0.05) is 11.6 Å². The van der Waals surface area contributed by atoms with Crippen molar-refractivity contribution < 1.29 is 28.9 Å². The van der Waals surface area contributed by atoms with Crippen LogP contribution in [0.5, 0.6) is 5.75 Å². The summed E-state index contributed by atoms with van der Waals surface area (Å²) in [5.41, 5.74) is 2.55. The van der Waals surface area contributed by atoms with Crippen LogP contribution < -0.4 is 0 Å². The maximum Gasteiger partial charge on any atom is 0.142 e. The second-order valence-corrected chi connectivity index (χ2v) is 9.73. The Morgan fingerprint density at radius 3 is 2.62 bits per heavy atom. The Morgan fingerprint density at radius 1 is 1.12 bits per heavy atom. The molecule has 6 atom stereocenters. The molecule has 5 nitrogen and oxygen atoms in total. The molecule has 7 heteroatoms. The van der Waals surface area contributed by atoms with Crippen LogP contribution in [-0.4, -0.2) is 33.2 Å². The van der Waals surface area contributed by atoms with Crippen LogP contribution in [-0.2, 0) is 11.4 Å². The zero-order chi connectivity index (χ0) is 22.6. The van der Waals surface area contributed by atoms with Crippen molar-refractivity contribution in [2.24, 2.45) is 22.4 Å². The van der Waals surface area contributed by atoms with E-state index in [0.29, 0.717) is 24.1 Å². The first-order valence-electron chi connectivity index (χ1n) is 11.1. The standard InChI is InChI=1S/C25H27F2NO4/c1-25-5-4-18-17-3-2-16(29)9-20(17)22(10-19(18)21(25)11-23(30)24(25)31)28-32-12-13-6-14(26)8-15(27)7-13/h2-3,6-9,18-19,21,23-24,29-31H,4-5,10-12H2,1H3/t18-,19-,21+,23-,24+,25+/m1/s1. The molecule has 3 aliphatic carbocycles. The highest BCUT2D eigenvalue weighted by molar-refractivity contribution is 6.03. The fourth-order valence-corrected chi connectivity index (χ4v) is 6.36. The molecule has 3 N–H and O–H groups in total. The van der Waals surface area contributed by atoms with Crippen molar-refractivity contribution >= 4 is 5.71 Å². The van der Waals surface area contributed by atoms with Crippen molar-refractivity contribution in [3.05, 3.63) is 64.7 Å². The molecule has 0 aliphatic heterocycles. The number of nitrogens with zero attached hydrogens (tertiary/aromatic N) is 1. The summed E-state index contributed by atoms with van der Waals surface area (Å²) in [7, 11) is 0. The normalized spacial score (nSPS) is 34.7. The summed E-state index contributed by atoms with van der Waals surface area (Å²) in [6, 6.07) is 8.48. The summed E-state index contributed by atoms with van der Waals surface area (Å²) in [5, 5.41) is 35.5. The molecule has 0 unspecified atom stereocenters. The molecule has 5 rings (SSSR count). The number of rotatable bonds is 3. The number of benzene rings is 2. The number of aromatic hydroxyl groups is 1. The van der Waals surface area contributed by atoms with E-state index in [-0.39, 0.29) is 35.5 Å². The molecule has 0 amide bonds. The lowest BCUT2D eigenvalue weighted by molar-refractivity contribution is -0.0482. The van der Waals surface area contributed by atoms with E-state index in [0.717, 1.165) is 30.0 Å². The average Bonchev–Trinajstić information content (AvgIpc) is 2.97. The van der Waals surface area contributed by atoms with Gasteiger partial charge in [0.15, 0.2) is 0 Å². The van der Waals surface area contributed by atoms with Crippen molar-refractivity contribution in [2.75, 3.05) is 0 Å². The van der Waals surface area contributed by atoms with Gasteiger partial charge < -0.3 is 20.2 Å². The summed E-state index contributed by atoms with van der Waals surface area (Å²) >= 11 is 0. The first-order chi connectivity index (χ1) is 15.3. The first kappa shape index (κ1) is 21.3. The Bertz CT molecular complexity index is 1050. The van der Waals surface area contributed by atoms with Crippen molar-refractivity contribution in [1.82, 2.24) is 0 Å². The number of phenolic OH excluding ortho intramolecular Hbond substituents is 1. The summed E-state index contributed by atoms with van der Waals surface area (Å²) in [6.07, 6.45) is 1.36. The van der Waals surface area contributed by atoms with Crippen LogP contribution in [0.25, 0.3) is 0 Å². The summed E-state index contributed by atoms with van der Waals surface area (Å²) in [6.45, 7) is 1.98. The van der Waals surface area contributed by atoms with Crippen LogP contribution in [0.4, 0.5) is 8.78 Å². The molecular formula is C25H27F2NO4. The number of aliphatic hydroxyl groups is 2. The van der Waals surface area contributed by atoms with Crippen molar-refractivity contribution in [1.29, 1.82) is 0 Å². The lowest BCUT2D eigenvalue weighted by Crippen LogP contribution is -2.45. The molecule has 32 heavy (non-hydrogen) atoms. The zero-order valence-corrected chi connectivity index (χ0v) is 17.8. The van der Waals surface area contributed by atoms with Crippen LogP contribution in [0, 0.1) is 28.9 Å². The fraction of sp³-hybridized carbons (Fsp3) is 0.480. The number of halogens is 2. The number of aliphatic hydroxyl groups excluding tert-OH is 2. The number of phenols is 1. The van der Waals surface area contributed by atoms with E-state index in [4.69, 9.17) is 4.84 Å². The van der Waals surface area contributed by atoms with Gasteiger partial charge in [0.05, 0.1) is 17.9 Å². The fourth-order valence-electron chi connectivity index (χ4n) is 6.36. The number of hydrogen-bond acceptors (Lipinski definition) is 5. The monoisotopic (exact) mass is 443 g/mol. The molecule has 0 aromatic heterocycles. The van der Waals surface area contributed by atoms with Gasteiger partial charge in [0.25, 0.3) is 0 Å². The van der Waals surface area contributed by atoms with Crippen molar-refractivity contribution in [3.63, 3.8) is 0 Å². The van der Waals surface area contributed by atoms with Gasteiger partial charge in [-0.25, -0.2) is 8.78 Å². The van der Waals surface area contributed by atoms with Crippen LogP contribution in [0.2, 0.25) is 0 Å². The zero-order valence-electron chi connectivity index (χ0n) is 17.8. The van der Waals surface area contributed by atoms with Crippen molar-refractivity contribution in [3.8, 4) is 5.75 Å². The van der Waals surface area contributed by atoms with E-state index in [9.17, 15) is 24.1 Å². The van der Waals surface area contributed by atoms with Gasteiger partial charge in [-0.3, -0.25) is 0 Å². The van der Waals surface area contributed by atoms with Crippen LogP contribution >= 0.6 is 0 Å². The van der Waals surface area contributed by atoms with E-state index in [2.05, 4.69) is 12.1 Å². The van der Waals surface area contributed by atoms with Gasteiger partial charge in [-0.15, -0.1) is 0 Å². The minimum atomic E-state index is -0.742. The Balaban J connectivity index is 1.46. The number of hydrogen-bond donors (Lipinski definition) is 3. The molecular weight excluding hydrogens is 416 g/mol. The third kappa shape index (κ3) is 3.48. The largest absolute Gasteiger partial charge is 0.508 e. The average molecular weight is 443 g/mol. The van der Waals surface area contributed by atoms with E-state index in [1.54, 1.807) is 12.1 Å². The molecule has 2 saturated carbocycles. The molecule has 2 fully saturated rings. The highest BCUT2D eigenvalue weighted by Crippen LogP contribution is 2.61. The van der Waals surface area contributed by atoms with Gasteiger partial charge >= 0.3 is 0 Å². The summed E-state index contributed by atoms with van der Waals surface area (Å²) in [5.74, 6) is -0.659. The highest BCUT2D eigenvalue weighted by atomic mass is 19.1. The SMILES string of the molecule is C[C@]12CC[C@@H]3c4ccc(O)cc4C(=NOCc4cc(F)cc(F)c4)C[C@H]3[C@@H]1C[C@@H](O)[C@@H]2O. The Labute approximate surface area is 185 Å². The van der Waals surface area contributed by atoms with Gasteiger partial charge in [0.2, 0.25) is 0 Å². The number of fused-ring (bicyclic) bond motifs is 5. The molecule has 2 aromatic carbocycles. The second kappa shape index (κ2) is 7.81. The molecule has 0 bridgehead atoms. The Morgan fingerprint density at radius 2 is 1.88 bits per heavy atom. The molecule has 2 aromatic rings. The molecule has 3 aliphatic rings. The van der Waals surface area contributed by atoms with Gasteiger partial charge in [-0.1, -0.05) is 18.1 Å². The molecule has 0 spiro atoms. The quantitative estimate of drug-likeness (QED) is 0.620. The predicted octanol–water partition coefficient (Wildman–Crippen LogP) is 4.24. The highest BCUT2D eigenvalue weighted by Gasteiger charge is 2.58. The molecule has 0 radical (unpaired) electrons. The van der Waals surface area contributed by atoms with Gasteiger partial charge in [-0.2, -0.15) is 0 Å². The molecule has 170 valence electrons. The van der Waals surface area contributed by atoms with Crippen molar-refractivity contribution in [2.45, 2.75) is 57.3 Å². The van der Waals surface area contributed by atoms with E-state index < -0.39 is 23.8 Å². The second-order valence-electron chi connectivity index (χ2n) is 9.73. The molecule has 0 heterocycles. The lowest BCUT2D eigenvalue weighted by atomic mass is 9.55. The van der Waals surface area contributed by atoms with E-state index >= 15 is 0 Å². The van der Waals surface area contributed by atoms with Crippen LogP contribution in [0.1, 0.15) is 55.2 Å². The summed E-state index contributed by atoms with van der Waals surface area (Å²) in [4.78, 5) is 5.50. The van der Waals surface area contributed by atoms with E-state index in [1.807, 2.05) is 6.07 Å². The van der Waals surface area contributed by atoms with Gasteiger partial charge in [-0.05, 0) is 84.2 Å².